The Morgan fingerprint density at radius 1 is 1.20 bits per heavy atom. The minimum absolute atomic E-state index is 0.820. The fourth-order valence-corrected chi connectivity index (χ4v) is 2.86. The van der Waals surface area contributed by atoms with Crippen molar-refractivity contribution in [3.8, 4) is 0 Å². The van der Waals surface area contributed by atoms with E-state index in [0.717, 1.165) is 5.66 Å². The van der Waals surface area contributed by atoms with Gasteiger partial charge in [-0.25, -0.2) is 0 Å². The van der Waals surface area contributed by atoms with Gasteiger partial charge in [0.1, 0.15) is 0 Å². The molecule has 0 bridgehead atoms. The third-order valence-corrected chi connectivity index (χ3v) is 14.8. The molecule has 0 aromatic heterocycles. The summed E-state index contributed by atoms with van der Waals surface area (Å²) in [5.41, 5.74) is 0.820. The Kier molecular flexibility index (Phi) is 3.39. The predicted molar refractivity (Wildman–Crippen MR) is 58.0 cm³/mol. The molecule has 0 saturated carbocycles. The standard InChI is InChI=1S/C8H20BrP/c1-6-10(5,9,7-2)8(3)4/h8H,6-7H2,1-5H3. The summed E-state index contributed by atoms with van der Waals surface area (Å²) in [6, 6.07) is 0. The van der Waals surface area contributed by atoms with Gasteiger partial charge < -0.3 is 0 Å². The Bertz CT molecular complexity index is 110. The van der Waals surface area contributed by atoms with E-state index in [2.05, 4.69) is 49.8 Å². The van der Waals surface area contributed by atoms with E-state index in [1.165, 1.54) is 12.3 Å². The number of halogens is 1. The second-order valence-corrected chi connectivity index (χ2v) is 16.3. The monoisotopic (exact) mass is 226 g/mol. The van der Waals surface area contributed by atoms with Crippen molar-refractivity contribution in [1.82, 2.24) is 0 Å². The van der Waals surface area contributed by atoms with Crippen molar-refractivity contribution in [2.75, 3.05) is 19.0 Å². The van der Waals surface area contributed by atoms with Gasteiger partial charge in [-0.3, -0.25) is 0 Å². The molecule has 0 N–H and O–H groups in total. The van der Waals surface area contributed by atoms with Gasteiger partial charge >= 0.3 is 73.1 Å². The molecule has 0 aliphatic carbocycles. The van der Waals surface area contributed by atoms with Crippen LogP contribution in [-0.2, 0) is 0 Å². The topological polar surface area (TPSA) is 0 Å². The molecular formula is C8H20BrP. The van der Waals surface area contributed by atoms with Crippen molar-refractivity contribution in [2.24, 2.45) is 0 Å². The molecule has 0 radical (unpaired) electrons. The van der Waals surface area contributed by atoms with Gasteiger partial charge in [-0.15, -0.1) is 0 Å². The summed E-state index contributed by atoms with van der Waals surface area (Å²) in [5.74, 6) is 0. The van der Waals surface area contributed by atoms with Crippen molar-refractivity contribution in [3.05, 3.63) is 0 Å². The number of rotatable bonds is 3. The van der Waals surface area contributed by atoms with Crippen LogP contribution in [0.4, 0.5) is 0 Å². The van der Waals surface area contributed by atoms with Gasteiger partial charge in [0.15, 0.2) is 0 Å². The van der Waals surface area contributed by atoms with Crippen LogP contribution in [-0.4, -0.2) is 24.6 Å². The van der Waals surface area contributed by atoms with E-state index < -0.39 is 5.31 Å². The zero-order chi connectivity index (χ0) is 8.44. The zero-order valence-electron chi connectivity index (χ0n) is 7.82. The van der Waals surface area contributed by atoms with Crippen molar-refractivity contribution in [2.45, 2.75) is 33.4 Å². The predicted octanol–water partition coefficient (Wildman–Crippen LogP) is 3.93. The molecule has 0 saturated heterocycles. The first kappa shape index (κ1) is 10.9. The van der Waals surface area contributed by atoms with E-state index in [1.807, 2.05) is 0 Å². The first-order valence-electron chi connectivity index (χ1n) is 4.08. The van der Waals surface area contributed by atoms with Gasteiger partial charge in [-0.2, -0.15) is 0 Å². The van der Waals surface area contributed by atoms with Gasteiger partial charge in [0, 0.05) is 0 Å². The molecule has 0 aliphatic heterocycles. The summed E-state index contributed by atoms with van der Waals surface area (Å²) in [6.45, 7) is 11.7. The van der Waals surface area contributed by atoms with E-state index in [0.29, 0.717) is 0 Å². The second-order valence-electron chi connectivity index (χ2n) is 3.71. The van der Waals surface area contributed by atoms with Crippen LogP contribution in [0.5, 0.6) is 0 Å². The maximum absolute atomic E-state index is 3.98. The van der Waals surface area contributed by atoms with Gasteiger partial charge in [-0.05, 0) is 0 Å². The average Bonchev–Trinajstić information content (AvgIpc) is 1.89. The molecule has 0 fully saturated rings. The van der Waals surface area contributed by atoms with Crippen molar-refractivity contribution >= 4 is 20.8 Å². The molecule has 0 unspecified atom stereocenters. The summed E-state index contributed by atoms with van der Waals surface area (Å²) < 4.78 is 0. The Balaban J connectivity index is 4.51. The molecule has 0 rings (SSSR count). The van der Waals surface area contributed by atoms with Crippen LogP contribution in [0.2, 0.25) is 0 Å². The van der Waals surface area contributed by atoms with Crippen LogP contribution in [0.25, 0.3) is 0 Å². The Morgan fingerprint density at radius 2 is 1.50 bits per heavy atom. The van der Waals surface area contributed by atoms with E-state index in [1.54, 1.807) is 0 Å². The molecule has 0 aromatic rings. The molecule has 0 amide bonds. The van der Waals surface area contributed by atoms with Crippen LogP contribution in [0, 0.1) is 0 Å². The zero-order valence-corrected chi connectivity index (χ0v) is 10.3. The minimum atomic E-state index is -1.42. The van der Waals surface area contributed by atoms with Crippen molar-refractivity contribution in [1.29, 1.82) is 0 Å². The number of hydrogen-bond acceptors (Lipinski definition) is 0. The first-order valence-corrected chi connectivity index (χ1v) is 9.22. The molecule has 2 heteroatoms. The second kappa shape index (κ2) is 3.11. The fourth-order valence-electron chi connectivity index (χ4n) is 0.954. The van der Waals surface area contributed by atoms with Crippen molar-refractivity contribution < 1.29 is 0 Å². The summed E-state index contributed by atoms with van der Waals surface area (Å²) in [4.78, 5) is 0. The summed E-state index contributed by atoms with van der Waals surface area (Å²) >= 11 is 3.98. The molecule has 10 heavy (non-hydrogen) atoms. The molecule has 0 heterocycles. The fraction of sp³-hybridized carbons (Fsp3) is 1.00. The summed E-state index contributed by atoms with van der Waals surface area (Å²) in [6.07, 6.45) is 2.64. The Morgan fingerprint density at radius 3 is 1.50 bits per heavy atom. The first-order chi connectivity index (χ1) is 4.35. The Hall–Kier alpha value is 0.910. The molecule has 0 nitrogen and oxygen atoms in total. The molecule has 0 aliphatic rings. The summed E-state index contributed by atoms with van der Waals surface area (Å²) in [7, 11) is 0. The molecule has 0 aromatic carbocycles. The van der Waals surface area contributed by atoms with Crippen LogP contribution < -0.4 is 0 Å². The molecule has 0 spiro atoms. The van der Waals surface area contributed by atoms with E-state index in [9.17, 15) is 0 Å². The van der Waals surface area contributed by atoms with Crippen LogP contribution in [0.1, 0.15) is 27.7 Å². The van der Waals surface area contributed by atoms with Gasteiger partial charge in [-0.1, -0.05) is 0 Å². The summed E-state index contributed by atoms with van der Waals surface area (Å²) in [5, 5.41) is -1.42. The third kappa shape index (κ3) is 1.95. The van der Waals surface area contributed by atoms with E-state index >= 15 is 0 Å². The molecule has 0 atom stereocenters. The third-order valence-electron chi connectivity index (χ3n) is 3.13. The maximum atomic E-state index is 3.98. The van der Waals surface area contributed by atoms with Crippen LogP contribution in [0.15, 0.2) is 0 Å². The SMILES string of the molecule is CCP(C)(Br)(CC)C(C)C. The average molecular weight is 227 g/mol. The van der Waals surface area contributed by atoms with Gasteiger partial charge in [0.25, 0.3) is 0 Å². The quantitative estimate of drug-likeness (QED) is 0.641. The normalized spacial score (nSPS) is 16.9. The van der Waals surface area contributed by atoms with Crippen molar-refractivity contribution in [3.63, 3.8) is 0 Å². The van der Waals surface area contributed by atoms with Gasteiger partial charge in [0.2, 0.25) is 0 Å². The van der Waals surface area contributed by atoms with E-state index in [4.69, 9.17) is 0 Å². The van der Waals surface area contributed by atoms with E-state index in [-0.39, 0.29) is 0 Å². The number of hydrogen-bond donors (Lipinski definition) is 0. The molecule has 64 valence electrons. The van der Waals surface area contributed by atoms with Crippen LogP contribution >= 0.6 is 20.8 Å². The van der Waals surface area contributed by atoms with Gasteiger partial charge in [0.05, 0.1) is 0 Å². The molecular weight excluding hydrogens is 207 g/mol. The van der Waals surface area contributed by atoms with Crippen LogP contribution in [0.3, 0.4) is 0 Å². The Labute approximate surface area is 73.4 Å².